The first kappa shape index (κ1) is 14.4. The van der Waals surface area contributed by atoms with Gasteiger partial charge in [0.1, 0.15) is 5.52 Å². The number of carboxylic acids is 1. The Morgan fingerprint density at radius 1 is 1.48 bits per heavy atom. The molecule has 1 N–H and O–H groups in total. The molecule has 0 saturated carbocycles. The van der Waals surface area contributed by atoms with E-state index < -0.39 is 5.97 Å². The number of hydrogen-bond acceptors (Lipinski definition) is 5. The van der Waals surface area contributed by atoms with Crippen molar-refractivity contribution in [3.05, 3.63) is 5.69 Å². The Hall–Kier alpha value is -1.54. The summed E-state index contributed by atoms with van der Waals surface area (Å²) in [6, 6.07) is 0.287. The molecule has 0 unspecified atom stereocenters. The van der Waals surface area contributed by atoms with Crippen molar-refractivity contribution in [2.24, 2.45) is 7.05 Å². The van der Waals surface area contributed by atoms with Crippen LogP contribution in [0.4, 0.5) is 0 Å². The highest BCUT2D eigenvalue weighted by molar-refractivity contribution is 7.99. The zero-order valence-electron chi connectivity index (χ0n) is 12.1. The molecule has 114 valence electrons. The quantitative estimate of drug-likeness (QED) is 0.864. The second-order valence-corrected chi connectivity index (χ2v) is 6.11. The minimum absolute atomic E-state index is 0.0129. The van der Waals surface area contributed by atoms with E-state index in [4.69, 9.17) is 9.84 Å². The van der Waals surface area contributed by atoms with E-state index in [1.54, 1.807) is 0 Å². The molecule has 0 amide bonds. The maximum atomic E-state index is 10.9. The van der Waals surface area contributed by atoms with E-state index in [9.17, 15) is 4.79 Å². The summed E-state index contributed by atoms with van der Waals surface area (Å²) in [5, 5.41) is 14.1. The number of carboxylic acid groups (broad SMARTS) is 1. The fraction of sp³-hybridized carbons (Fsp3) is 0.615. The minimum Gasteiger partial charge on any atom is -0.481 e. The number of fused-ring (bicyclic) bond motifs is 1. The SMILES string of the molecule is Cc1nn(C)c2c1nc(SCC(=O)O)n2C1CCOCC1. The van der Waals surface area contributed by atoms with Gasteiger partial charge < -0.3 is 14.4 Å². The van der Waals surface area contributed by atoms with E-state index in [1.165, 1.54) is 11.8 Å². The van der Waals surface area contributed by atoms with Gasteiger partial charge in [0, 0.05) is 26.3 Å². The Morgan fingerprint density at radius 3 is 2.86 bits per heavy atom. The molecule has 3 heterocycles. The highest BCUT2D eigenvalue weighted by atomic mass is 32.2. The molecule has 2 aromatic rings. The number of thioether (sulfide) groups is 1. The summed E-state index contributed by atoms with van der Waals surface area (Å²) in [6.45, 7) is 3.38. The predicted octanol–water partition coefficient (Wildman–Crippen LogP) is 1.61. The first-order chi connectivity index (χ1) is 10.1. The maximum Gasteiger partial charge on any atom is 0.313 e. The Labute approximate surface area is 126 Å². The molecule has 7 nitrogen and oxygen atoms in total. The van der Waals surface area contributed by atoms with E-state index in [0.29, 0.717) is 0 Å². The van der Waals surface area contributed by atoms with Crippen molar-refractivity contribution in [2.45, 2.75) is 31.0 Å². The lowest BCUT2D eigenvalue weighted by molar-refractivity contribution is -0.133. The van der Waals surface area contributed by atoms with Crippen molar-refractivity contribution in [3.63, 3.8) is 0 Å². The second kappa shape index (κ2) is 5.69. The van der Waals surface area contributed by atoms with Gasteiger partial charge >= 0.3 is 5.97 Å². The molecule has 1 aliphatic rings. The molecule has 1 aliphatic heterocycles. The Morgan fingerprint density at radius 2 is 2.19 bits per heavy atom. The van der Waals surface area contributed by atoms with Gasteiger partial charge in [0.05, 0.1) is 11.4 Å². The van der Waals surface area contributed by atoms with E-state index in [1.807, 2.05) is 18.7 Å². The lowest BCUT2D eigenvalue weighted by Crippen LogP contribution is -2.21. The molecule has 0 radical (unpaired) electrons. The van der Waals surface area contributed by atoms with Crippen LogP contribution in [0.1, 0.15) is 24.6 Å². The van der Waals surface area contributed by atoms with Crippen LogP contribution in [0.2, 0.25) is 0 Å². The number of imidazole rings is 1. The van der Waals surface area contributed by atoms with Gasteiger partial charge in [-0.1, -0.05) is 11.8 Å². The number of hydrogen-bond donors (Lipinski definition) is 1. The Kier molecular flexibility index (Phi) is 3.90. The standard InChI is InChI=1S/C13H18N4O3S/c1-8-11-12(16(2)15-8)17(9-3-5-20-6-4-9)13(14-11)21-7-10(18)19/h9H,3-7H2,1-2H3,(H,18,19). The number of nitrogens with zero attached hydrogens (tertiary/aromatic N) is 4. The number of aromatic nitrogens is 4. The summed E-state index contributed by atoms with van der Waals surface area (Å²) in [5.74, 6) is -0.820. The number of aliphatic carboxylic acids is 1. The average molecular weight is 310 g/mol. The van der Waals surface area contributed by atoms with Crippen LogP contribution in [-0.4, -0.2) is 49.4 Å². The van der Waals surface area contributed by atoms with Gasteiger partial charge in [0.2, 0.25) is 0 Å². The van der Waals surface area contributed by atoms with Crippen LogP contribution in [0.15, 0.2) is 5.16 Å². The van der Waals surface area contributed by atoms with Crippen LogP contribution in [-0.2, 0) is 16.6 Å². The third kappa shape index (κ3) is 2.65. The van der Waals surface area contributed by atoms with Crippen molar-refractivity contribution in [2.75, 3.05) is 19.0 Å². The van der Waals surface area contributed by atoms with E-state index in [-0.39, 0.29) is 11.8 Å². The summed E-state index contributed by atoms with van der Waals surface area (Å²) in [4.78, 5) is 15.5. The highest BCUT2D eigenvalue weighted by Crippen LogP contribution is 2.33. The fourth-order valence-corrected chi connectivity index (χ4v) is 3.56. The lowest BCUT2D eigenvalue weighted by Gasteiger charge is -2.25. The zero-order chi connectivity index (χ0) is 15.0. The third-order valence-corrected chi connectivity index (χ3v) is 4.62. The van der Waals surface area contributed by atoms with Gasteiger partial charge in [-0.3, -0.25) is 9.48 Å². The maximum absolute atomic E-state index is 10.9. The van der Waals surface area contributed by atoms with Crippen molar-refractivity contribution in [3.8, 4) is 0 Å². The van der Waals surface area contributed by atoms with Crippen LogP contribution >= 0.6 is 11.8 Å². The minimum atomic E-state index is -0.833. The lowest BCUT2D eigenvalue weighted by atomic mass is 10.1. The molecular formula is C13H18N4O3S. The molecule has 21 heavy (non-hydrogen) atoms. The number of carbonyl (C=O) groups is 1. The van der Waals surface area contributed by atoms with Gasteiger partial charge in [0.15, 0.2) is 10.8 Å². The summed E-state index contributed by atoms with van der Waals surface area (Å²) in [7, 11) is 1.90. The van der Waals surface area contributed by atoms with Crippen LogP contribution in [0.3, 0.4) is 0 Å². The number of ether oxygens (including phenoxy) is 1. The fourth-order valence-electron chi connectivity index (χ4n) is 2.78. The Bertz CT molecular complexity index is 673. The molecular weight excluding hydrogens is 292 g/mol. The molecule has 8 heteroatoms. The van der Waals surface area contributed by atoms with Crippen molar-refractivity contribution in [1.82, 2.24) is 19.3 Å². The molecule has 3 rings (SSSR count). The predicted molar refractivity (Wildman–Crippen MR) is 78.7 cm³/mol. The van der Waals surface area contributed by atoms with Crippen LogP contribution in [0.5, 0.6) is 0 Å². The van der Waals surface area contributed by atoms with Gasteiger partial charge in [-0.25, -0.2) is 4.98 Å². The third-order valence-electron chi connectivity index (χ3n) is 3.68. The first-order valence-electron chi connectivity index (χ1n) is 6.91. The topological polar surface area (TPSA) is 82.2 Å². The van der Waals surface area contributed by atoms with Crippen LogP contribution in [0.25, 0.3) is 11.2 Å². The van der Waals surface area contributed by atoms with Crippen molar-refractivity contribution < 1.29 is 14.6 Å². The highest BCUT2D eigenvalue weighted by Gasteiger charge is 2.25. The average Bonchev–Trinajstić information content (AvgIpc) is 2.96. The molecule has 1 saturated heterocycles. The van der Waals surface area contributed by atoms with Crippen molar-refractivity contribution >= 4 is 28.9 Å². The summed E-state index contributed by atoms with van der Waals surface area (Å²) < 4.78 is 9.40. The van der Waals surface area contributed by atoms with Crippen LogP contribution in [0, 0.1) is 6.92 Å². The van der Waals surface area contributed by atoms with Gasteiger partial charge in [0.25, 0.3) is 0 Å². The normalized spacial score (nSPS) is 16.7. The summed E-state index contributed by atoms with van der Waals surface area (Å²) in [5.41, 5.74) is 2.69. The van der Waals surface area contributed by atoms with E-state index in [0.717, 1.165) is 48.1 Å². The second-order valence-electron chi connectivity index (χ2n) is 5.17. The molecule has 2 aromatic heterocycles. The first-order valence-corrected chi connectivity index (χ1v) is 7.90. The van der Waals surface area contributed by atoms with Crippen molar-refractivity contribution in [1.29, 1.82) is 0 Å². The zero-order valence-corrected chi connectivity index (χ0v) is 12.9. The number of aryl methyl sites for hydroxylation is 2. The molecule has 0 spiro atoms. The molecule has 0 aromatic carbocycles. The largest absolute Gasteiger partial charge is 0.481 e. The van der Waals surface area contributed by atoms with E-state index in [2.05, 4.69) is 14.6 Å². The van der Waals surface area contributed by atoms with E-state index >= 15 is 0 Å². The van der Waals surface area contributed by atoms with Gasteiger partial charge in [-0.15, -0.1) is 0 Å². The Balaban J connectivity index is 2.07. The summed E-state index contributed by atoms with van der Waals surface area (Å²) in [6.07, 6.45) is 1.83. The van der Waals surface area contributed by atoms with Gasteiger partial charge in [-0.05, 0) is 19.8 Å². The number of rotatable bonds is 4. The monoisotopic (exact) mass is 310 g/mol. The molecule has 0 aliphatic carbocycles. The molecule has 0 atom stereocenters. The van der Waals surface area contributed by atoms with Gasteiger partial charge in [-0.2, -0.15) is 5.10 Å². The van der Waals surface area contributed by atoms with Crippen LogP contribution < -0.4 is 0 Å². The molecule has 1 fully saturated rings. The molecule has 0 bridgehead atoms. The summed E-state index contributed by atoms with van der Waals surface area (Å²) >= 11 is 1.27. The smallest absolute Gasteiger partial charge is 0.313 e.